The molecule has 13 heteroatoms. The summed E-state index contributed by atoms with van der Waals surface area (Å²) < 4.78 is 70.3. The molecule has 7 nitrogen and oxygen atoms in total. The molecule has 2 amide bonds. The summed E-state index contributed by atoms with van der Waals surface area (Å²) in [6.07, 6.45) is -2.79. The van der Waals surface area contributed by atoms with E-state index in [0.29, 0.717) is 40.3 Å². The highest BCUT2D eigenvalue weighted by Gasteiger charge is 2.40. The van der Waals surface area contributed by atoms with E-state index in [1.165, 1.54) is 48.3 Å². The van der Waals surface area contributed by atoms with Gasteiger partial charge < -0.3 is 11.1 Å². The predicted molar refractivity (Wildman–Crippen MR) is 146 cm³/mol. The third-order valence-corrected chi connectivity index (χ3v) is 7.82. The molecule has 5 rings (SSSR count). The van der Waals surface area contributed by atoms with Crippen LogP contribution in [0.5, 0.6) is 0 Å². The van der Waals surface area contributed by atoms with Crippen LogP contribution in [0, 0.1) is 11.6 Å². The molecule has 0 saturated heterocycles. The Morgan fingerprint density at radius 2 is 1.90 bits per heavy atom. The second-order valence-corrected chi connectivity index (χ2v) is 10.8. The van der Waals surface area contributed by atoms with Gasteiger partial charge in [0.1, 0.15) is 18.2 Å². The van der Waals surface area contributed by atoms with Crippen molar-refractivity contribution < 1.29 is 31.5 Å². The standard InChI is InChI=1S/C29H24F5N5O2S/c30-18-4-1-3-16(11-18)12-23(26-19(5-2-9-36-26)17-6-7-22(31)20(13-17)28(35)41)37-25(40)14-39-24-8-10-42-15-21(24)27(38-39)29(32,33)34/h1-7,9,11,13,23H,8,10,12,14-15H2,(H2,35,41)(H,37,40)/t23-/m0/s1. The van der Waals surface area contributed by atoms with Crippen LogP contribution in [-0.2, 0) is 36.1 Å². The average molecular weight is 602 g/mol. The van der Waals surface area contributed by atoms with Gasteiger partial charge in [-0.15, -0.1) is 0 Å². The molecule has 0 aliphatic carbocycles. The molecule has 0 fully saturated rings. The number of halogens is 5. The van der Waals surface area contributed by atoms with Crippen LogP contribution in [0.15, 0.2) is 60.8 Å². The number of carbonyl (C=O) groups is 2. The first-order valence-electron chi connectivity index (χ1n) is 12.8. The van der Waals surface area contributed by atoms with Gasteiger partial charge in [0.05, 0.1) is 17.3 Å². The number of hydrogen-bond donors (Lipinski definition) is 2. The zero-order chi connectivity index (χ0) is 30.0. The molecule has 0 radical (unpaired) electrons. The molecule has 1 atom stereocenters. The fourth-order valence-corrected chi connectivity index (χ4v) is 5.97. The molecule has 3 N–H and O–H groups in total. The highest BCUT2D eigenvalue weighted by Crippen LogP contribution is 2.37. The number of amides is 2. The summed E-state index contributed by atoms with van der Waals surface area (Å²) in [5, 5.41) is 6.58. The highest BCUT2D eigenvalue weighted by molar-refractivity contribution is 7.98. The summed E-state index contributed by atoms with van der Waals surface area (Å²) in [5.41, 5.74) is 6.09. The van der Waals surface area contributed by atoms with Crippen molar-refractivity contribution in [2.45, 2.75) is 37.4 Å². The second-order valence-electron chi connectivity index (χ2n) is 9.68. The number of fused-ring (bicyclic) bond motifs is 1. The second kappa shape index (κ2) is 11.9. The molecule has 218 valence electrons. The fourth-order valence-electron chi connectivity index (χ4n) is 4.98. The van der Waals surface area contributed by atoms with E-state index < -0.39 is 47.9 Å². The summed E-state index contributed by atoms with van der Waals surface area (Å²) in [6.45, 7) is -0.479. The minimum Gasteiger partial charge on any atom is -0.366 e. The minimum absolute atomic E-state index is 0.0685. The number of primary amides is 1. The first kappa shape index (κ1) is 29.2. The largest absolute Gasteiger partial charge is 0.435 e. The van der Waals surface area contributed by atoms with Crippen molar-refractivity contribution in [1.29, 1.82) is 0 Å². The molecule has 0 bridgehead atoms. The van der Waals surface area contributed by atoms with E-state index in [1.807, 2.05) is 0 Å². The summed E-state index contributed by atoms with van der Waals surface area (Å²) in [7, 11) is 0. The van der Waals surface area contributed by atoms with E-state index in [0.717, 1.165) is 10.7 Å². The van der Waals surface area contributed by atoms with Crippen molar-refractivity contribution in [2.24, 2.45) is 5.73 Å². The molecule has 0 saturated carbocycles. The Labute approximate surface area is 241 Å². The van der Waals surface area contributed by atoms with Gasteiger partial charge in [0.25, 0.3) is 5.91 Å². The van der Waals surface area contributed by atoms with Crippen LogP contribution in [0.2, 0.25) is 0 Å². The van der Waals surface area contributed by atoms with Crippen molar-refractivity contribution in [1.82, 2.24) is 20.1 Å². The monoisotopic (exact) mass is 601 g/mol. The lowest BCUT2D eigenvalue weighted by molar-refractivity contribution is -0.142. The number of nitrogens with two attached hydrogens (primary N) is 1. The maximum Gasteiger partial charge on any atom is 0.435 e. The number of nitrogens with one attached hydrogen (secondary N) is 1. The van der Waals surface area contributed by atoms with E-state index in [9.17, 15) is 31.5 Å². The van der Waals surface area contributed by atoms with Crippen LogP contribution < -0.4 is 11.1 Å². The van der Waals surface area contributed by atoms with Gasteiger partial charge in [0, 0.05) is 28.8 Å². The Kier molecular flexibility index (Phi) is 8.30. The summed E-state index contributed by atoms with van der Waals surface area (Å²) in [6, 6.07) is 11.9. The zero-order valence-electron chi connectivity index (χ0n) is 21.9. The molecule has 0 unspecified atom stereocenters. The Balaban J connectivity index is 1.51. The number of thioether (sulfide) groups is 1. The number of benzene rings is 2. The van der Waals surface area contributed by atoms with Crippen molar-refractivity contribution in [3.63, 3.8) is 0 Å². The number of pyridine rings is 1. The fraction of sp³-hybridized carbons (Fsp3) is 0.241. The lowest BCUT2D eigenvalue weighted by atomic mass is 9.94. The molecule has 3 heterocycles. The van der Waals surface area contributed by atoms with Gasteiger partial charge in [-0.2, -0.15) is 30.0 Å². The Morgan fingerprint density at radius 1 is 1.10 bits per heavy atom. The van der Waals surface area contributed by atoms with Crippen molar-refractivity contribution in [3.05, 3.63) is 106 Å². The maximum atomic E-state index is 14.2. The van der Waals surface area contributed by atoms with Crippen molar-refractivity contribution in [3.8, 4) is 11.1 Å². The average Bonchev–Trinajstić information content (AvgIpc) is 3.32. The molecule has 2 aromatic heterocycles. The summed E-state index contributed by atoms with van der Waals surface area (Å²) in [4.78, 5) is 29.6. The molecule has 0 spiro atoms. The third-order valence-electron chi connectivity index (χ3n) is 6.83. The van der Waals surface area contributed by atoms with Gasteiger partial charge in [-0.3, -0.25) is 19.3 Å². The summed E-state index contributed by atoms with van der Waals surface area (Å²) >= 11 is 1.37. The van der Waals surface area contributed by atoms with Gasteiger partial charge in [-0.1, -0.05) is 24.3 Å². The molecular weight excluding hydrogens is 577 g/mol. The SMILES string of the molecule is NC(=O)c1cc(-c2cccnc2[C@H](Cc2cccc(F)c2)NC(=O)Cn2nc(C(F)(F)F)c3c2CCSC3)ccc1F. The molecular formula is C29H24F5N5O2S. The number of hydrogen-bond acceptors (Lipinski definition) is 5. The first-order chi connectivity index (χ1) is 20.0. The Morgan fingerprint density at radius 3 is 2.64 bits per heavy atom. The molecule has 1 aliphatic rings. The van der Waals surface area contributed by atoms with Crippen LogP contribution in [0.4, 0.5) is 22.0 Å². The number of rotatable bonds is 8. The molecule has 42 heavy (non-hydrogen) atoms. The van der Waals surface area contributed by atoms with Crippen molar-refractivity contribution in [2.75, 3.05) is 5.75 Å². The van der Waals surface area contributed by atoms with Gasteiger partial charge in [-0.05, 0) is 60.1 Å². The van der Waals surface area contributed by atoms with Crippen LogP contribution in [0.25, 0.3) is 11.1 Å². The molecule has 2 aromatic carbocycles. The van der Waals surface area contributed by atoms with Crippen molar-refractivity contribution >= 4 is 23.6 Å². The topological polar surface area (TPSA) is 103 Å². The van der Waals surface area contributed by atoms with E-state index in [1.54, 1.807) is 18.2 Å². The van der Waals surface area contributed by atoms with Crippen LogP contribution in [0.3, 0.4) is 0 Å². The number of alkyl halides is 3. The van der Waals surface area contributed by atoms with Gasteiger partial charge >= 0.3 is 6.18 Å². The Hall–Kier alpha value is -4.26. The maximum absolute atomic E-state index is 14.2. The molecule has 4 aromatic rings. The lowest BCUT2D eigenvalue weighted by Crippen LogP contribution is -2.34. The van der Waals surface area contributed by atoms with E-state index in [2.05, 4.69) is 15.4 Å². The normalized spacial score (nSPS) is 13.8. The lowest BCUT2D eigenvalue weighted by Gasteiger charge is -2.22. The van der Waals surface area contributed by atoms with E-state index in [-0.39, 0.29) is 23.3 Å². The number of carbonyl (C=O) groups excluding carboxylic acids is 2. The molecule has 1 aliphatic heterocycles. The van der Waals surface area contributed by atoms with Gasteiger partial charge in [-0.25, -0.2) is 8.78 Å². The van der Waals surface area contributed by atoms with Gasteiger partial charge in [0.15, 0.2) is 5.69 Å². The van der Waals surface area contributed by atoms with Crippen LogP contribution >= 0.6 is 11.8 Å². The van der Waals surface area contributed by atoms with Crippen LogP contribution in [0.1, 0.15) is 44.6 Å². The predicted octanol–water partition coefficient (Wildman–Crippen LogP) is 5.23. The zero-order valence-corrected chi connectivity index (χ0v) is 22.7. The number of aromatic nitrogens is 3. The minimum atomic E-state index is -4.66. The Bertz CT molecular complexity index is 1660. The highest BCUT2D eigenvalue weighted by atomic mass is 32.2. The van der Waals surface area contributed by atoms with Crippen LogP contribution in [-0.4, -0.2) is 32.3 Å². The quantitative estimate of drug-likeness (QED) is 0.269. The third kappa shape index (κ3) is 6.30. The van der Waals surface area contributed by atoms with E-state index in [4.69, 9.17) is 5.73 Å². The van der Waals surface area contributed by atoms with Gasteiger partial charge in [0.2, 0.25) is 5.91 Å². The van der Waals surface area contributed by atoms with E-state index >= 15 is 0 Å². The smallest absolute Gasteiger partial charge is 0.366 e. The summed E-state index contributed by atoms with van der Waals surface area (Å²) in [5.74, 6) is -2.16. The number of nitrogens with zero attached hydrogens (tertiary/aromatic N) is 3. The first-order valence-corrected chi connectivity index (χ1v) is 14.0.